The van der Waals surface area contributed by atoms with Crippen LogP contribution in [0.4, 0.5) is 5.82 Å². The Hall–Kier alpha value is -0.640. The Morgan fingerprint density at radius 3 is 2.70 bits per heavy atom. The predicted molar refractivity (Wildman–Crippen MR) is 88.3 cm³/mol. The second-order valence-corrected chi connectivity index (χ2v) is 7.57. The van der Waals surface area contributed by atoms with Gasteiger partial charge in [0.25, 0.3) is 0 Å². The Bertz CT molecular complexity index is 452. The lowest BCUT2D eigenvalue weighted by molar-refractivity contribution is 0.429. The lowest BCUT2D eigenvalue weighted by atomic mass is 9.95. The fourth-order valence-corrected chi connectivity index (χ4v) is 3.20. The fraction of sp³-hybridized carbons (Fsp3) is 0.750. The third kappa shape index (κ3) is 3.72. The molecule has 20 heavy (non-hydrogen) atoms. The highest BCUT2D eigenvalue weighted by atomic mass is 79.9. The first-order chi connectivity index (χ1) is 9.41. The van der Waals surface area contributed by atoms with E-state index in [2.05, 4.69) is 59.6 Å². The Kier molecular flexibility index (Phi) is 5.05. The number of hydrogen-bond donors (Lipinski definition) is 0. The van der Waals surface area contributed by atoms with E-state index in [4.69, 9.17) is 4.98 Å². The van der Waals surface area contributed by atoms with Crippen molar-refractivity contribution in [1.29, 1.82) is 0 Å². The molecule has 1 aromatic rings. The van der Waals surface area contributed by atoms with Crippen molar-refractivity contribution in [3.8, 4) is 0 Å². The molecule has 0 amide bonds. The van der Waals surface area contributed by atoms with Crippen molar-refractivity contribution < 1.29 is 0 Å². The van der Waals surface area contributed by atoms with E-state index < -0.39 is 0 Å². The van der Waals surface area contributed by atoms with Crippen LogP contribution < -0.4 is 4.90 Å². The quantitative estimate of drug-likeness (QED) is 0.747. The van der Waals surface area contributed by atoms with Crippen molar-refractivity contribution in [2.24, 2.45) is 0 Å². The molecule has 1 aromatic heterocycles. The van der Waals surface area contributed by atoms with Gasteiger partial charge in [0.2, 0.25) is 0 Å². The van der Waals surface area contributed by atoms with Crippen molar-refractivity contribution in [1.82, 2.24) is 9.97 Å². The first-order valence-electron chi connectivity index (χ1n) is 7.73. The van der Waals surface area contributed by atoms with Crippen LogP contribution in [0, 0.1) is 0 Å². The lowest BCUT2D eigenvalue weighted by Crippen LogP contribution is -2.40. The average Bonchev–Trinajstić information content (AvgIpc) is 2.38. The predicted octanol–water partition coefficient (Wildman–Crippen LogP) is 4.70. The molecule has 2 heterocycles. The van der Waals surface area contributed by atoms with Crippen LogP contribution in [-0.4, -0.2) is 22.6 Å². The van der Waals surface area contributed by atoms with Crippen molar-refractivity contribution in [3.05, 3.63) is 16.5 Å². The molecule has 0 bridgehead atoms. The lowest BCUT2D eigenvalue weighted by Gasteiger charge is -2.37. The Labute approximate surface area is 131 Å². The third-order valence-corrected chi connectivity index (χ3v) is 4.30. The van der Waals surface area contributed by atoms with E-state index in [1.807, 2.05) is 0 Å². The monoisotopic (exact) mass is 339 g/mol. The Balaban J connectivity index is 2.32. The molecule has 3 nitrogen and oxygen atoms in total. The minimum atomic E-state index is -0.0193. The average molecular weight is 340 g/mol. The number of nitrogens with zero attached hydrogens (tertiary/aromatic N) is 3. The molecule has 1 atom stereocenters. The van der Waals surface area contributed by atoms with Crippen molar-refractivity contribution in [2.45, 2.75) is 71.3 Å². The van der Waals surface area contributed by atoms with Gasteiger partial charge in [0.15, 0.2) is 0 Å². The maximum Gasteiger partial charge on any atom is 0.137 e. The normalized spacial score (nSPS) is 20.2. The first-order valence-corrected chi connectivity index (χ1v) is 8.53. The topological polar surface area (TPSA) is 29.0 Å². The molecule has 4 heteroatoms. The van der Waals surface area contributed by atoms with Crippen LogP contribution in [0.25, 0.3) is 0 Å². The van der Waals surface area contributed by atoms with Gasteiger partial charge in [-0.25, -0.2) is 9.97 Å². The van der Waals surface area contributed by atoms with Crippen LogP contribution in [0.5, 0.6) is 0 Å². The number of aromatic nitrogens is 2. The summed E-state index contributed by atoms with van der Waals surface area (Å²) in [5, 5.41) is 0. The van der Waals surface area contributed by atoms with E-state index in [0.717, 1.165) is 22.8 Å². The molecule has 1 unspecified atom stereocenters. The van der Waals surface area contributed by atoms with Gasteiger partial charge in [0.05, 0.1) is 0 Å². The standard InChI is InChI=1S/C16H26BrN3/c1-5-8-12-9-6-7-10-20(12)14-11-13(17)18-15(19-14)16(2,3)4/h11-12H,5-10H2,1-4H3. The van der Waals surface area contributed by atoms with Gasteiger partial charge < -0.3 is 4.90 Å². The highest BCUT2D eigenvalue weighted by Crippen LogP contribution is 2.29. The number of hydrogen-bond acceptors (Lipinski definition) is 3. The van der Waals surface area contributed by atoms with E-state index in [9.17, 15) is 0 Å². The van der Waals surface area contributed by atoms with Crippen LogP contribution in [0.1, 0.15) is 65.6 Å². The maximum atomic E-state index is 4.85. The van der Waals surface area contributed by atoms with Crippen molar-refractivity contribution >= 4 is 21.7 Å². The zero-order valence-corrected chi connectivity index (χ0v) is 14.7. The van der Waals surface area contributed by atoms with Crippen LogP contribution in [0.3, 0.4) is 0 Å². The van der Waals surface area contributed by atoms with Crippen LogP contribution >= 0.6 is 15.9 Å². The van der Waals surface area contributed by atoms with Gasteiger partial charge in [0.1, 0.15) is 16.2 Å². The molecule has 1 aliphatic rings. The number of halogens is 1. The highest BCUT2D eigenvalue weighted by molar-refractivity contribution is 9.10. The summed E-state index contributed by atoms with van der Waals surface area (Å²) in [5.74, 6) is 2.01. The summed E-state index contributed by atoms with van der Waals surface area (Å²) in [6.45, 7) is 9.88. The molecule has 0 spiro atoms. The van der Waals surface area contributed by atoms with Gasteiger partial charge in [0, 0.05) is 24.1 Å². The molecule has 112 valence electrons. The Morgan fingerprint density at radius 1 is 1.30 bits per heavy atom. The van der Waals surface area contributed by atoms with Gasteiger partial charge in [-0.3, -0.25) is 0 Å². The SMILES string of the molecule is CCCC1CCCCN1c1cc(Br)nc(C(C)(C)C)n1. The zero-order chi connectivity index (χ0) is 14.8. The molecule has 0 saturated carbocycles. The number of anilines is 1. The van der Waals surface area contributed by atoms with Gasteiger partial charge in [-0.15, -0.1) is 0 Å². The third-order valence-electron chi connectivity index (χ3n) is 3.90. The summed E-state index contributed by atoms with van der Waals surface area (Å²) in [6.07, 6.45) is 6.40. The first kappa shape index (κ1) is 15.7. The van der Waals surface area contributed by atoms with Crippen LogP contribution in [0.15, 0.2) is 10.7 Å². The molecule has 1 fully saturated rings. The Morgan fingerprint density at radius 2 is 2.05 bits per heavy atom. The van der Waals surface area contributed by atoms with Gasteiger partial charge in [-0.2, -0.15) is 0 Å². The summed E-state index contributed by atoms with van der Waals surface area (Å²) < 4.78 is 0.897. The van der Waals surface area contributed by atoms with E-state index >= 15 is 0 Å². The molecule has 2 rings (SSSR count). The molecule has 0 radical (unpaired) electrons. The summed E-state index contributed by atoms with van der Waals surface area (Å²) in [4.78, 5) is 11.9. The van der Waals surface area contributed by atoms with Crippen molar-refractivity contribution in [2.75, 3.05) is 11.4 Å². The highest BCUT2D eigenvalue weighted by Gasteiger charge is 2.25. The molecule has 1 aliphatic heterocycles. The molecule has 0 aromatic carbocycles. The molecular formula is C16H26BrN3. The maximum absolute atomic E-state index is 4.85. The smallest absolute Gasteiger partial charge is 0.137 e. The van der Waals surface area contributed by atoms with E-state index in [1.165, 1.54) is 32.1 Å². The van der Waals surface area contributed by atoms with Gasteiger partial charge >= 0.3 is 0 Å². The van der Waals surface area contributed by atoms with E-state index in [1.54, 1.807) is 0 Å². The molecule has 1 saturated heterocycles. The van der Waals surface area contributed by atoms with Crippen LogP contribution in [-0.2, 0) is 5.41 Å². The van der Waals surface area contributed by atoms with Gasteiger partial charge in [-0.05, 0) is 41.6 Å². The summed E-state index contributed by atoms with van der Waals surface area (Å²) in [7, 11) is 0. The zero-order valence-electron chi connectivity index (χ0n) is 13.1. The largest absolute Gasteiger partial charge is 0.353 e. The minimum Gasteiger partial charge on any atom is -0.353 e. The molecular weight excluding hydrogens is 314 g/mol. The van der Waals surface area contributed by atoms with E-state index in [-0.39, 0.29) is 5.41 Å². The summed E-state index contributed by atoms with van der Waals surface area (Å²) in [5.41, 5.74) is -0.0193. The number of piperidine rings is 1. The minimum absolute atomic E-state index is 0.0193. The number of rotatable bonds is 3. The fourth-order valence-electron chi connectivity index (χ4n) is 2.82. The molecule has 0 aliphatic carbocycles. The van der Waals surface area contributed by atoms with Crippen LogP contribution in [0.2, 0.25) is 0 Å². The second kappa shape index (κ2) is 6.42. The summed E-state index contributed by atoms with van der Waals surface area (Å²) in [6, 6.07) is 2.71. The summed E-state index contributed by atoms with van der Waals surface area (Å²) >= 11 is 3.55. The van der Waals surface area contributed by atoms with Gasteiger partial charge in [-0.1, -0.05) is 34.1 Å². The second-order valence-electron chi connectivity index (χ2n) is 6.75. The van der Waals surface area contributed by atoms with E-state index in [0.29, 0.717) is 6.04 Å². The molecule has 0 N–H and O–H groups in total. The van der Waals surface area contributed by atoms with Crippen molar-refractivity contribution in [3.63, 3.8) is 0 Å².